The highest BCUT2D eigenvalue weighted by atomic mass is 16.3. The summed E-state index contributed by atoms with van der Waals surface area (Å²) in [6, 6.07) is 14.7. The van der Waals surface area contributed by atoms with Crippen molar-refractivity contribution in [3.8, 4) is 11.5 Å². The molecule has 3 atom stereocenters. The number of nitrogens with zero attached hydrogens (tertiary/aromatic N) is 2. The van der Waals surface area contributed by atoms with Crippen LogP contribution in [0.25, 0.3) is 6.08 Å². The van der Waals surface area contributed by atoms with Crippen LogP contribution in [0.2, 0.25) is 0 Å². The summed E-state index contributed by atoms with van der Waals surface area (Å²) in [6.07, 6.45) is 9.23. The molecule has 4 rings (SSSR count). The Morgan fingerprint density at radius 3 is 2.67 bits per heavy atom. The number of likely N-dealkylation sites (tertiary alicyclic amines) is 1. The SMILES string of the molecule is C=CCN1CCC2(c3cccc(O)c3)CC(N(C)C(=O)/C=C/c3cccc(O)c3)CCC2C1. The first-order valence-electron chi connectivity index (χ1n) is 11.8. The standard InChI is InChI=1S/C28H34N2O3/c1-3-15-30-16-14-28(22-7-5-9-26(32)18-22)19-24(12-11-23(28)20-30)29(2)27(33)13-10-21-6-4-8-25(31)17-21/h3-10,13,17-18,23-24,31-32H,1,11-12,14-16,19-20H2,2H3/b13-10+. The van der Waals surface area contributed by atoms with E-state index in [4.69, 9.17) is 0 Å². The molecule has 2 fully saturated rings. The van der Waals surface area contributed by atoms with E-state index < -0.39 is 0 Å². The molecule has 1 amide bonds. The molecule has 1 aliphatic carbocycles. The van der Waals surface area contributed by atoms with E-state index in [1.54, 1.807) is 36.4 Å². The Bertz CT molecular complexity index is 1030. The average Bonchev–Trinajstić information content (AvgIpc) is 2.82. The largest absolute Gasteiger partial charge is 0.508 e. The number of amides is 1. The van der Waals surface area contributed by atoms with Gasteiger partial charge in [-0.25, -0.2) is 0 Å². The highest BCUT2D eigenvalue weighted by Crippen LogP contribution is 2.50. The molecule has 0 aromatic heterocycles. The van der Waals surface area contributed by atoms with Crippen LogP contribution in [0.15, 0.2) is 67.3 Å². The van der Waals surface area contributed by atoms with Crippen LogP contribution in [0, 0.1) is 5.92 Å². The third-order valence-electron chi connectivity index (χ3n) is 7.57. The third kappa shape index (κ3) is 4.98. The summed E-state index contributed by atoms with van der Waals surface area (Å²) in [6.45, 7) is 6.81. The van der Waals surface area contributed by atoms with E-state index in [0.717, 1.165) is 50.9 Å². The van der Waals surface area contributed by atoms with Gasteiger partial charge in [0, 0.05) is 37.7 Å². The molecule has 0 radical (unpaired) electrons. The Morgan fingerprint density at radius 1 is 1.18 bits per heavy atom. The number of fused-ring (bicyclic) bond motifs is 1. The van der Waals surface area contributed by atoms with Gasteiger partial charge in [0.15, 0.2) is 0 Å². The van der Waals surface area contributed by atoms with E-state index in [-0.39, 0.29) is 23.1 Å². The minimum Gasteiger partial charge on any atom is -0.508 e. The van der Waals surface area contributed by atoms with Crippen molar-refractivity contribution in [3.63, 3.8) is 0 Å². The van der Waals surface area contributed by atoms with Crippen molar-refractivity contribution in [1.82, 2.24) is 9.80 Å². The zero-order chi connectivity index (χ0) is 23.4. The Morgan fingerprint density at radius 2 is 1.94 bits per heavy atom. The van der Waals surface area contributed by atoms with Crippen molar-refractivity contribution in [2.45, 2.75) is 37.1 Å². The molecular weight excluding hydrogens is 412 g/mol. The molecule has 1 saturated carbocycles. The number of phenols is 2. The normalized spacial score (nSPS) is 25.5. The second-order valence-electron chi connectivity index (χ2n) is 9.51. The molecule has 2 aromatic carbocycles. The molecule has 33 heavy (non-hydrogen) atoms. The molecule has 0 bridgehead atoms. The van der Waals surface area contributed by atoms with E-state index in [9.17, 15) is 15.0 Å². The van der Waals surface area contributed by atoms with Crippen molar-refractivity contribution in [2.75, 3.05) is 26.7 Å². The lowest BCUT2D eigenvalue weighted by Gasteiger charge is -2.54. The van der Waals surface area contributed by atoms with Crippen molar-refractivity contribution in [3.05, 3.63) is 78.4 Å². The molecule has 3 unspecified atom stereocenters. The zero-order valence-corrected chi connectivity index (χ0v) is 19.4. The van der Waals surface area contributed by atoms with Crippen LogP contribution in [-0.4, -0.2) is 58.6 Å². The number of carbonyl (C=O) groups is 1. The molecule has 2 aromatic rings. The van der Waals surface area contributed by atoms with Gasteiger partial charge in [0.2, 0.25) is 5.91 Å². The van der Waals surface area contributed by atoms with Gasteiger partial charge in [0.25, 0.3) is 0 Å². The van der Waals surface area contributed by atoms with Crippen LogP contribution in [0.3, 0.4) is 0 Å². The van der Waals surface area contributed by atoms with Crippen molar-refractivity contribution in [2.24, 2.45) is 5.92 Å². The summed E-state index contributed by atoms with van der Waals surface area (Å²) in [5, 5.41) is 19.9. The summed E-state index contributed by atoms with van der Waals surface area (Å²) in [4.78, 5) is 17.3. The first kappa shape index (κ1) is 23.1. The third-order valence-corrected chi connectivity index (χ3v) is 7.57. The lowest BCUT2D eigenvalue weighted by Crippen LogP contribution is -2.56. The predicted molar refractivity (Wildman–Crippen MR) is 132 cm³/mol. The number of hydrogen-bond donors (Lipinski definition) is 2. The minimum absolute atomic E-state index is 0.0306. The van der Waals surface area contributed by atoms with Crippen LogP contribution >= 0.6 is 0 Å². The van der Waals surface area contributed by atoms with Crippen LogP contribution in [-0.2, 0) is 10.2 Å². The molecule has 1 saturated heterocycles. The Kier molecular flexibility index (Phi) is 6.89. The number of piperidine rings is 1. The first-order valence-corrected chi connectivity index (χ1v) is 11.8. The van der Waals surface area contributed by atoms with Gasteiger partial charge in [-0.05, 0) is 79.6 Å². The summed E-state index contributed by atoms with van der Waals surface area (Å²) in [5.74, 6) is 0.939. The molecule has 0 spiro atoms. The highest BCUT2D eigenvalue weighted by molar-refractivity contribution is 5.91. The van der Waals surface area contributed by atoms with Gasteiger partial charge in [-0.3, -0.25) is 9.69 Å². The maximum atomic E-state index is 13.0. The fourth-order valence-corrected chi connectivity index (χ4v) is 5.78. The Hall–Kier alpha value is -3.05. The molecule has 2 aliphatic rings. The van der Waals surface area contributed by atoms with Gasteiger partial charge in [-0.2, -0.15) is 0 Å². The van der Waals surface area contributed by atoms with Gasteiger partial charge < -0.3 is 15.1 Å². The maximum absolute atomic E-state index is 13.0. The maximum Gasteiger partial charge on any atom is 0.246 e. The van der Waals surface area contributed by atoms with Gasteiger partial charge in [-0.15, -0.1) is 6.58 Å². The minimum atomic E-state index is -0.0528. The number of rotatable bonds is 6. The Labute approximate surface area is 196 Å². The molecular formula is C28H34N2O3. The average molecular weight is 447 g/mol. The number of hydrogen-bond acceptors (Lipinski definition) is 4. The number of carbonyl (C=O) groups excluding carboxylic acids is 1. The van der Waals surface area contributed by atoms with Crippen LogP contribution < -0.4 is 0 Å². The van der Waals surface area contributed by atoms with Crippen molar-refractivity contribution >= 4 is 12.0 Å². The van der Waals surface area contributed by atoms with Gasteiger partial charge in [-0.1, -0.05) is 30.3 Å². The summed E-state index contributed by atoms with van der Waals surface area (Å²) < 4.78 is 0. The zero-order valence-electron chi connectivity index (χ0n) is 19.4. The number of likely N-dealkylation sites (N-methyl/N-ethyl adjacent to an activating group) is 1. The van der Waals surface area contributed by atoms with E-state index in [1.165, 1.54) is 5.56 Å². The van der Waals surface area contributed by atoms with Crippen LogP contribution in [0.1, 0.15) is 36.8 Å². The monoisotopic (exact) mass is 446 g/mol. The van der Waals surface area contributed by atoms with Gasteiger partial charge in [0.1, 0.15) is 11.5 Å². The molecule has 5 heteroatoms. The van der Waals surface area contributed by atoms with E-state index >= 15 is 0 Å². The predicted octanol–water partition coefficient (Wildman–Crippen LogP) is 4.57. The number of phenolic OH excluding ortho intramolecular Hbond substituents is 2. The van der Waals surface area contributed by atoms with Crippen LogP contribution in [0.5, 0.6) is 11.5 Å². The summed E-state index contributed by atoms with van der Waals surface area (Å²) >= 11 is 0. The molecule has 5 nitrogen and oxygen atoms in total. The summed E-state index contributed by atoms with van der Waals surface area (Å²) in [7, 11) is 1.89. The fraction of sp³-hybridized carbons (Fsp3) is 0.393. The van der Waals surface area contributed by atoms with Gasteiger partial charge in [0.05, 0.1) is 0 Å². The van der Waals surface area contributed by atoms with Crippen LogP contribution in [0.4, 0.5) is 0 Å². The molecule has 2 N–H and O–H groups in total. The highest BCUT2D eigenvalue weighted by Gasteiger charge is 2.49. The number of aromatic hydroxyl groups is 2. The topological polar surface area (TPSA) is 64.0 Å². The quantitative estimate of drug-likeness (QED) is 0.504. The number of benzene rings is 2. The van der Waals surface area contributed by atoms with E-state index in [0.29, 0.717) is 11.7 Å². The van der Waals surface area contributed by atoms with Crippen molar-refractivity contribution in [1.29, 1.82) is 0 Å². The van der Waals surface area contributed by atoms with Gasteiger partial charge >= 0.3 is 0 Å². The van der Waals surface area contributed by atoms with E-state index in [1.807, 2.05) is 36.2 Å². The second-order valence-corrected chi connectivity index (χ2v) is 9.51. The lowest BCUT2D eigenvalue weighted by molar-refractivity contribution is -0.128. The molecule has 174 valence electrons. The van der Waals surface area contributed by atoms with Crippen molar-refractivity contribution < 1.29 is 15.0 Å². The smallest absolute Gasteiger partial charge is 0.246 e. The van der Waals surface area contributed by atoms with E-state index in [2.05, 4.69) is 17.5 Å². The molecule has 1 aliphatic heterocycles. The Balaban J connectivity index is 1.55. The first-order chi connectivity index (χ1) is 15.9. The molecule has 1 heterocycles. The second kappa shape index (κ2) is 9.84. The lowest BCUT2D eigenvalue weighted by atomic mass is 9.57. The summed E-state index contributed by atoms with van der Waals surface area (Å²) in [5.41, 5.74) is 1.93. The fourth-order valence-electron chi connectivity index (χ4n) is 5.78.